The molecule has 5 rings (SSSR count). The maximum absolute atomic E-state index is 13.3. The molecule has 0 saturated carbocycles. The highest BCUT2D eigenvalue weighted by Gasteiger charge is 2.32. The number of aryl methyl sites for hydroxylation is 1. The highest BCUT2D eigenvalue weighted by molar-refractivity contribution is 6.30. The van der Waals surface area contributed by atoms with Gasteiger partial charge in [0.2, 0.25) is 0 Å². The number of benzene rings is 2. The second-order valence-corrected chi connectivity index (χ2v) is 7.92. The first-order valence-electron chi connectivity index (χ1n) is 9.73. The third-order valence-corrected chi connectivity index (χ3v) is 6.02. The smallest absolute Gasteiger partial charge is 0.331 e. The molecule has 2 aromatic heterocycles. The Balaban J connectivity index is 1.96. The third-order valence-electron chi connectivity index (χ3n) is 5.77. The summed E-state index contributed by atoms with van der Waals surface area (Å²) in [6.45, 7) is 1.09. The normalized spacial score (nSPS) is 16.0. The van der Waals surface area contributed by atoms with Crippen molar-refractivity contribution in [3.63, 3.8) is 0 Å². The van der Waals surface area contributed by atoms with Crippen LogP contribution in [0.1, 0.15) is 17.4 Å². The van der Waals surface area contributed by atoms with Gasteiger partial charge in [-0.2, -0.15) is 0 Å². The first kappa shape index (κ1) is 18.9. The number of fused-ring (bicyclic) bond motifs is 3. The number of halogens is 1. The summed E-state index contributed by atoms with van der Waals surface area (Å²) in [5.41, 5.74) is 3.41. The molecule has 0 aliphatic carbocycles. The van der Waals surface area contributed by atoms with Crippen LogP contribution in [0.3, 0.4) is 0 Å². The van der Waals surface area contributed by atoms with Gasteiger partial charge in [0.1, 0.15) is 6.10 Å². The molecule has 0 N–H and O–H groups in total. The fraction of sp³-hybridized carbons (Fsp3) is 0.217. The molecular formula is C23H20ClN3O3. The van der Waals surface area contributed by atoms with Crippen molar-refractivity contribution in [3.05, 3.63) is 91.7 Å². The fourth-order valence-corrected chi connectivity index (χ4v) is 4.50. The Hall–Kier alpha value is -3.09. The molecule has 0 fully saturated rings. The Morgan fingerprint density at radius 1 is 0.967 bits per heavy atom. The molecule has 0 amide bonds. The minimum atomic E-state index is -0.374. The molecule has 0 radical (unpaired) electrons. The van der Waals surface area contributed by atoms with Crippen LogP contribution in [0.15, 0.2) is 64.2 Å². The van der Waals surface area contributed by atoms with Crippen LogP contribution < -0.4 is 11.2 Å². The molecule has 2 aromatic carbocycles. The summed E-state index contributed by atoms with van der Waals surface area (Å²) in [5.74, 6) is 0. The van der Waals surface area contributed by atoms with Crippen LogP contribution in [0.5, 0.6) is 0 Å². The monoisotopic (exact) mass is 421 g/mol. The van der Waals surface area contributed by atoms with Crippen molar-refractivity contribution < 1.29 is 4.74 Å². The number of ether oxygens (including phenoxy) is 1. The zero-order chi connectivity index (χ0) is 21.0. The van der Waals surface area contributed by atoms with E-state index in [1.165, 1.54) is 7.05 Å². The second kappa shape index (κ2) is 7.00. The largest absolute Gasteiger partial charge is 0.365 e. The molecule has 4 aromatic rings. The van der Waals surface area contributed by atoms with Crippen molar-refractivity contribution in [2.45, 2.75) is 12.6 Å². The standard InChI is InChI=1S/C23H20ClN3O3/c1-25-19-17(22(28)26(2)23(25)29)18(14-8-10-16(24)11-9-14)27-12-13-30-21(20(19)27)15-6-4-3-5-7-15/h3-11,21H,12-13H2,1-2H3/t21-/m1/s1. The van der Waals surface area contributed by atoms with E-state index < -0.39 is 0 Å². The first-order valence-corrected chi connectivity index (χ1v) is 10.1. The Bertz CT molecular complexity index is 1380. The average Bonchev–Trinajstić information content (AvgIpc) is 3.13. The van der Waals surface area contributed by atoms with E-state index in [0.29, 0.717) is 29.1 Å². The molecule has 1 atom stereocenters. The summed E-state index contributed by atoms with van der Waals surface area (Å²) in [5, 5.41) is 1.14. The van der Waals surface area contributed by atoms with Gasteiger partial charge in [-0.25, -0.2) is 4.79 Å². The number of rotatable bonds is 2. The molecule has 3 heterocycles. The maximum atomic E-state index is 13.3. The Kier molecular flexibility index (Phi) is 4.41. The van der Waals surface area contributed by atoms with Crippen LogP contribution in [0.4, 0.5) is 0 Å². The SMILES string of the molecule is Cn1c(=O)c2c(-c3ccc(Cl)cc3)n3c(c2n(C)c1=O)[C@@H](c1ccccc1)OCC3. The zero-order valence-electron chi connectivity index (χ0n) is 16.6. The second-order valence-electron chi connectivity index (χ2n) is 7.48. The molecule has 1 aliphatic rings. The van der Waals surface area contributed by atoms with E-state index in [-0.39, 0.29) is 17.4 Å². The number of hydrogen-bond donors (Lipinski definition) is 0. The van der Waals surface area contributed by atoms with Crippen LogP contribution >= 0.6 is 11.6 Å². The van der Waals surface area contributed by atoms with Crippen molar-refractivity contribution in [2.75, 3.05) is 6.61 Å². The van der Waals surface area contributed by atoms with E-state index >= 15 is 0 Å². The van der Waals surface area contributed by atoms with Gasteiger partial charge in [-0.1, -0.05) is 54.1 Å². The van der Waals surface area contributed by atoms with Crippen LogP contribution in [-0.4, -0.2) is 20.3 Å². The number of nitrogens with zero attached hydrogens (tertiary/aromatic N) is 3. The maximum Gasteiger partial charge on any atom is 0.331 e. The highest BCUT2D eigenvalue weighted by Crippen LogP contribution is 2.40. The van der Waals surface area contributed by atoms with Gasteiger partial charge in [-0.15, -0.1) is 0 Å². The zero-order valence-corrected chi connectivity index (χ0v) is 17.4. The van der Waals surface area contributed by atoms with Crippen LogP contribution in [0, 0.1) is 0 Å². The van der Waals surface area contributed by atoms with Gasteiger partial charge in [0.15, 0.2) is 0 Å². The predicted molar refractivity (Wildman–Crippen MR) is 117 cm³/mol. The van der Waals surface area contributed by atoms with Gasteiger partial charge >= 0.3 is 5.69 Å². The average molecular weight is 422 g/mol. The topological polar surface area (TPSA) is 58.2 Å². The van der Waals surface area contributed by atoms with Gasteiger partial charge in [-0.05, 0) is 23.3 Å². The van der Waals surface area contributed by atoms with Crippen molar-refractivity contribution >= 4 is 22.5 Å². The van der Waals surface area contributed by atoms with E-state index in [2.05, 4.69) is 4.57 Å². The summed E-state index contributed by atoms with van der Waals surface area (Å²) in [6.07, 6.45) is -0.374. The van der Waals surface area contributed by atoms with Crippen molar-refractivity contribution in [2.24, 2.45) is 14.1 Å². The van der Waals surface area contributed by atoms with Crippen LogP contribution in [0.25, 0.3) is 22.2 Å². The summed E-state index contributed by atoms with van der Waals surface area (Å²) in [6, 6.07) is 17.3. The van der Waals surface area contributed by atoms with E-state index in [9.17, 15) is 9.59 Å². The molecule has 0 saturated heterocycles. The van der Waals surface area contributed by atoms with Crippen LogP contribution in [0.2, 0.25) is 5.02 Å². The Morgan fingerprint density at radius 2 is 1.67 bits per heavy atom. The highest BCUT2D eigenvalue weighted by atomic mass is 35.5. The number of hydrogen-bond acceptors (Lipinski definition) is 3. The lowest BCUT2D eigenvalue weighted by Gasteiger charge is -2.27. The van der Waals surface area contributed by atoms with E-state index in [1.807, 2.05) is 54.6 Å². The minimum absolute atomic E-state index is 0.313. The first-order chi connectivity index (χ1) is 14.5. The van der Waals surface area contributed by atoms with E-state index in [4.69, 9.17) is 16.3 Å². The predicted octanol–water partition coefficient (Wildman–Crippen LogP) is 3.48. The minimum Gasteiger partial charge on any atom is -0.365 e. The Labute approximate surface area is 177 Å². The van der Waals surface area contributed by atoms with Gasteiger partial charge in [-0.3, -0.25) is 13.9 Å². The van der Waals surface area contributed by atoms with Gasteiger partial charge in [0.05, 0.1) is 28.9 Å². The summed E-state index contributed by atoms with van der Waals surface area (Å²) in [4.78, 5) is 26.1. The molecule has 6 nitrogen and oxygen atoms in total. The summed E-state index contributed by atoms with van der Waals surface area (Å²) in [7, 11) is 3.21. The van der Waals surface area contributed by atoms with E-state index in [1.54, 1.807) is 11.6 Å². The molecule has 1 aliphatic heterocycles. The quantitative estimate of drug-likeness (QED) is 0.498. The van der Waals surface area contributed by atoms with Gasteiger partial charge in [0.25, 0.3) is 5.56 Å². The third kappa shape index (κ3) is 2.68. The van der Waals surface area contributed by atoms with Crippen molar-refractivity contribution in [3.8, 4) is 11.3 Å². The van der Waals surface area contributed by atoms with Gasteiger partial charge < -0.3 is 9.30 Å². The lowest BCUT2D eigenvalue weighted by Crippen LogP contribution is -2.37. The summed E-state index contributed by atoms with van der Waals surface area (Å²) >= 11 is 6.10. The van der Waals surface area contributed by atoms with Crippen molar-refractivity contribution in [1.82, 2.24) is 13.7 Å². The molecule has 30 heavy (non-hydrogen) atoms. The van der Waals surface area contributed by atoms with Gasteiger partial charge in [0, 0.05) is 25.7 Å². The fourth-order valence-electron chi connectivity index (χ4n) is 4.37. The molecule has 0 unspecified atom stereocenters. The lowest BCUT2D eigenvalue weighted by atomic mass is 10.0. The molecule has 0 bridgehead atoms. The van der Waals surface area contributed by atoms with Crippen LogP contribution in [-0.2, 0) is 25.4 Å². The lowest BCUT2D eigenvalue weighted by molar-refractivity contribution is 0.0478. The molecule has 152 valence electrons. The molecule has 7 heteroatoms. The number of aromatic nitrogens is 3. The van der Waals surface area contributed by atoms with Crippen molar-refractivity contribution in [1.29, 1.82) is 0 Å². The molecular weight excluding hydrogens is 402 g/mol. The Morgan fingerprint density at radius 3 is 2.37 bits per heavy atom. The molecule has 0 spiro atoms. The summed E-state index contributed by atoms with van der Waals surface area (Å²) < 4.78 is 11.0. The van der Waals surface area contributed by atoms with E-state index in [0.717, 1.165) is 27.1 Å².